The van der Waals surface area contributed by atoms with E-state index in [2.05, 4.69) is 10.6 Å². The molecule has 0 atom stereocenters. The lowest BCUT2D eigenvalue weighted by Crippen LogP contribution is -2.23. The van der Waals surface area contributed by atoms with Gasteiger partial charge in [0.05, 0.1) is 19.9 Å². The Bertz CT molecular complexity index is 1110. The second-order valence-electron chi connectivity index (χ2n) is 7.32. The fourth-order valence-corrected chi connectivity index (χ4v) is 3.81. The fourth-order valence-electron chi connectivity index (χ4n) is 3.81. The molecule has 156 valence electrons. The van der Waals surface area contributed by atoms with Gasteiger partial charge in [-0.25, -0.2) is 4.79 Å². The van der Waals surface area contributed by atoms with E-state index in [9.17, 15) is 9.59 Å². The number of amides is 1. The van der Waals surface area contributed by atoms with Gasteiger partial charge in [0.15, 0.2) is 5.69 Å². The minimum atomic E-state index is -0.600. The van der Waals surface area contributed by atoms with Crippen LogP contribution in [0.15, 0.2) is 51.7 Å². The van der Waals surface area contributed by atoms with Gasteiger partial charge in [0.1, 0.15) is 17.1 Å². The van der Waals surface area contributed by atoms with Crippen LogP contribution in [0.25, 0.3) is 11.0 Å². The summed E-state index contributed by atoms with van der Waals surface area (Å²) in [5.74, 6) is 0.507. The predicted molar refractivity (Wildman–Crippen MR) is 116 cm³/mol. The molecule has 0 radical (unpaired) electrons. The van der Waals surface area contributed by atoms with Gasteiger partial charge in [-0.3, -0.25) is 4.79 Å². The molecule has 2 aromatic carbocycles. The quantitative estimate of drug-likeness (QED) is 0.587. The Morgan fingerprint density at radius 3 is 2.33 bits per heavy atom. The number of methoxy groups -OCH3 is 2. The van der Waals surface area contributed by atoms with Crippen molar-refractivity contribution in [3.05, 3.63) is 58.4 Å². The predicted octanol–water partition coefficient (Wildman–Crippen LogP) is 4.42. The number of fused-ring (bicyclic) bond motifs is 1. The van der Waals surface area contributed by atoms with E-state index in [1.807, 2.05) is 18.2 Å². The van der Waals surface area contributed by atoms with Crippen LogP contribution in [-0.2, 0) is 0 Å². The SMILES string of the molecule is COc1cc(OC)cc(C(=O)Nc2c(NC3CCCC3)c3ccccc3oc2=O)c1. The number of ether oxygens (including phenoxy) is 2. The third-order valence-corrected chi connectivity index (χ3v) is 5.37. The van der Waals surface area contributed by atoms with Crippen LogP contribution in [0.4, 0.5) is 11.4 Å². The standard InChI is InChI=1S/C23H24N2O5/c1-28-16-11-14(12-17(13-16)29-2)22(26)25-21-20(24-15-7-3-4-8-15)18-9-5-6-10-19(18)30-23(21)27/h5-6,9-13,15,24H,3-4,7-8H2,1-2H3,(H,25,26). The first-order valence-corrected chi connectivity index (χ1v) is 9.96. The number of benzene rings is 2. The van der Waals surface area contributed by atoms with Crippen LogP contribution in [0.3, 0.4) is 0 Å². The maximum absolute atomic E-state index is 13.0. The third-order valence-electron chi connectivity index (χ3n) is 5.37. The Morgan fingerprint density at radius 1 is 1.00 bits per heavy atom. The van der Waals surface area contributed by atoms with Gasteiger partial charge >= 0.3 is 5.63 Å². The highest BCUT2D eigenvalue weighted by atomic mass is 16.5. The van der Waals surface area contributed by atoms with E-state index in [0.717, 1.165) is 31.1 Å². The lowest BCUT2D eigenvalue weighted by molar-refractivity contribution is 0.102. The highest BCUT2D eigenvalue weighted by Crippen LogP contribution is 2.32. The number of carbonyl (C=O) groups is 1. The molecule has 0 saturated heterocycles. The molecule has 1 amide bonds. The summed E-state index contributed by atoms with van der Waals surface area (Å²) >= 11 is 0. The number of para-hydroxylation sites is 1. The normalized spacial score (nSPS) is 13.9. The van der Waals surface area contributed by atoms with Crippen molar-refractivity contribution in [3.63, 3.8) is 0 Å². The second-order valence-corrected chi connectivity index (χ2v) is 7.32. The van der Waals surface area contributed by atoms with Gasteiger partial charge in [0.25, 0.3) is 5.91 Å². The zero-order valence-electron chi connectivity index (χ0n) is 17.0. The fraction of sp³-hybridized carbons (Fsp3) is 0.304. The van der Waals surface area contributed by atoms with Gasteiger partial charge < -0.3 is 24.5 Å². The van der Waals surface area contributed by atoms with Crippen LogP contribution in [0.2, 0.25) is 0 Å². The number of nitrogens with one attached hydrogen (secondary N) is 2. The molecule has 1 saturated carbocycles. The molecular formula is C23H24N2O5. The molecule has 7 nitrogen and oxygen atoms in total. The first-order valence-electron chi connectivity index (χ1n) is 9.96. The topological polar surface area (TPSA) is 89.8 Å². The first-order chi connectivity index (χ1) is 14.6. The summed E-state index contributed by atoms with van der Waals surface area (Å²) in [6.07, 6.45) is 4.33. The van der Waals surface area contributed by atoms with Crippen molar-refractivity contribution in [2.45, 2.75) is 31.7 Å². The van der Waals surface area contributed by atoms with Crippen LogP contribution in [0.1, 0.15) is 36.0 Å². The van der Waals surface area contributed by atoms with Crippen molar-refractivity contribution in [2.24, 2.45) is 0 Å². The molecule has 1 aliphatic carbocycles. The molecule has 7 heteroatoms. The monoisotopic (exact) mass is 408 g/mol. The molecule has 30 heavy (non-hydrogen) atoms. The van der Waals surface area contributed by atoms with Crippen molar-refractivity contribution in [2.75, 3.05) is 24.9 Å². The van der Waals surface area contributed by atoms with Crippen molar-refractivity contribution < 1.29 is 18.7 Å². The van der Waals surface area contributed by atoms with Crippen LogP contribution in [0, 0.1) is 0 Å². The number of hydrogen-bond donors (Lipinski definition) is 2. The van der Waals surface area contributed by atoms with Gasteiger partial charge in [-0.15, -0.1) is 0 Å². The Morgan fingerprint density at radius 2 is 1.67 bits per heavy atom. The average Bonchev–Trinajstić information content (AvgIpc) is 3.28. The average molecular weight is 408 g/mol. The van der Waals surface area contributed by atoms with Gasteiger partial charge in [0, 0.05) is 23.1 Å². The van der Waals surface area contributed by atoms with Gasteiger partial charge in [-0.1, -0.05) is 25.0 Å². The minimum Gasteiger partial charge on any atom is -0.497 e. The molecule has 0 bridgehead atoms. The van der Waals surface area contributed by atoms with Crippen LogP contribution < -0.4 is 25.7 Å². The molecular weight excluding hydrogens is 384 g/mol. The molecule has 0 aliphatic heterocycles. The van der Waals surface area contributed by atoms with Crippen LogP contribution >= 0.6 is 0 Å². The van der Waals surface area contributed by atoms with E-state index in [1.165, 1.54) is 14.2 Å². The number of anilines is 2. The van der Waals surface area contributed by atoms with Crippen LogP contribution in [0.5, 0.6) is 11.5 Å². The highest BCUT2D eigenvalue weighted by Gasteiger charge is 2.22. The molecule has 1 aliphatic rings. The van der Waals surface area contributed by atoms with Gasteiger partial charge in [-0.05, 0) is 37.1 Å². The summed E-state index contributed by atoms with van der Waals surface area (Å²) in [6.45, 7) is 0. The second kappa shape index (κ2) is 8.49. The van der Waals surface area contributed by atoms with Crippen molar-refractivity contribution in [1.82, 2.24) is 0 Å². The van der Waals surface area contributed by atoms with Crippen molar-refractivity contribution in [1.29, 1.82) is 0 Å². The summed E-state index contributed by atoms with van der Waals surface area (Å²) in [4.78, 5) is 25.8. The van der Waals surface area contributed by atoms with E-state index in [-0.39, 0.29) is 11.7 Å². The summed E-state index contributed by atoms with van der Waals surface area (Å²) in [5, 5.41) is 6.97. The third kappa shape index (κ3) is 3.96. The molecule has 0 unspecified atom stereocenters. The summed E-state index contributed by atoms with van der Waals surface area (Å²) < 4.78 is 15.9. The number of hydrogen-bond acceptors (Lipinski definition) is 6. The lowest BCUT2D eigenvalue weighted by Gasteiger charge is -2.18. The molecule has 2 N–H and O–H groups in total. The highest BCUT2D eigenvalue weighted by molar-refractivity contribution is 6.09. The van der Waals surface area contributed by atoms with E-state index in [0.29, 0.717) is 28.3 Å². The smallest absolute Gasteiger partial charge is 0.362 e. The van der Waals surface area contributed by atoms with E-state index in [4.69, 9.17) is 13.9 Å². The number of rotatable bonds is 6. The Labute approximate surface area is 174 Å². The zero-order chi connectivity index (χ0) is 21.1. The Kier molecular flexibility index (Phi) is 5.61. The zero-order valence-corrected chi connectivity index (χ0v) is 17.0. The van der Waals surface area contributed by atoms with Gasteiger partial charge in [-0.2, -0.15) is 0 Å². The van der Waals surface area contributed by atoms with Crippen molar-refractivity contribution >= 4 is 28.3 Å². The Balaban J connectivity index is 1.75. The summed E-state index contributed by atoms with van der Waals surface area (Å²) in [7, 11) is 3.02. The number of carbonyl (C=O) groups excluding carboxylic acids is 1. The first kappa shape index (κ1) is 19.8. The largest absolute Gasteiger partial charge is 0.497 e. The minimum absolute atomic E-state index is 0.104. The van der Waals surface area contributed by atoms with Crippen LogP contribution in [-0.4, -0.2) is 26.2 Å². The van der Waals surface area contributed by atoms with E-state index < -0.39 is 11.5 Å². The lowest BCUT2D eigenvalue weighted by atomic mass is 10.1. The molecule has 0 spiro atoms. The molecule has 1 heterocycles. The molecule has 1 aromatic heterocycles. The van der Waals surface area contributed by atoms with Crippen molar-refractivity contribution in [3.8, 4) is 11.5 Å². The molecule has 4 rings (SSSR count). The molecule has 3 aromatic rings. The maximum atomic E-state index is 13.0. The van der Waals surface area contributed by atoms with E-state index >= 15 is 0 Å². The summed E-state index contributed by atoms with van der Waals surface area (Å²) in [5.41, 5.74) is 0.886. The Hall–Kier alpha value is -3.48. The maximum Gasteiger partial charge on any atom is 0.362 e. The van der Waals surface area contributed by atoms with Gasteiger partial charge in [0.2, 0.25) is 0 Å². The molecule has 1 fully saturated rings. The van der Waals surface area contributed by atoms with E-state index in [1.54, 1.807) is 24.3 Å². The summed E-state index contributed by atoms with van der Waals surface area (Å²) in [6, 6.07) is 12.4.